The Bertz CT molecular complexity index is 829. The van der Waals surface area contributed by atoms with Crippen molar-refractivity contribution in [2.45, 2.75) is 31.8 Å². The summed E-state index contributed by atoms with van der Waals surface area (Å²) in [7, 11) is 0. The van der Waals surface area contributed by atoms with E-state index in [1.807, 2.05) is 36.5 Å². The number of nitrogens with zero attached hydrogens (tertiary/aromatic N) is 5. The molecule has 1 unspecified atom stereocenters. The highest BCUT2D eigenvalue weighted by Gasteiger charge is 2.24. The van der Waals surface area contributed by atoms with Crippen LogP contribution in [-0.2, 0) is 13.1 Å². The lowest BCUT2D eigenvalue weighted by Crippen LogP contribution is -2.34. The lowest BCUT2D eigenvalue weighted by atomic mass is 9.95. The van der Waals surface area contributed by atoms with Crippen LogP contribution in [0.1, 0.15) is 30.3 Å². The van der Waals surface area contributed by atoms with Gasteiger partial charge in [-0.05, 0) is 37.6 Å². The molecule has 1 N–H and O–H groups in total. The lowest BCUT2D eigenvalue weighted by Gasteiger charge is -2.30. The molecule has 1 aliphatic rings. The zero-order valence-corrected chi connectivity index (χ0v) is 14.7. The second kappa shape index (κ2) is 7.80. The van der Waals surface area contributed by atoms with Crippen molar-refractivity contribution in [3.05, 3.63) is 54.1 Å². The first-order valence-electron chi connectivity index (χ1n) is 9.06. The van der Waals surface area contributed by atoms with Gasteiger partial charge in [0.15, 0.2) is 5.82 Å². The van der Waals surface area contributed by atoms with Crippen molar-refractivity contribution in [3.8, 4) is 11.5 Å². The fourth-order valence-electron chi connectivity index (χ4n) is 3.48. The highest BCUT2D eigenvalue weighted by molar-refractivity contribution is 5.51. The average Bonchev–Trinajstić information content (AvgIpc) is 3.33. The highest BCUT2D eigenvalue weighted by Crippen LogP contribution is 2.26. The second-order valence-corrected chi connectivity index (χ2v) is 6.68. The summed E-state index contributed by atoms with van der Waals surface area (Å²) in [6.45, 7) is 3.31. The summed E-state index contributed by atoms with van der Waals surface area (Å²) < 4.78 is 7.21. The van der Waals surface area contributed by atoms with Crippen LogP contribution < -0.4 is 0 Å². The van der Waals surface area contributed by atoms with Crippen LogP contribution in [0.2, 0.25) is 0 Å². The summed E-state index contributed by atoms with van der Waals surface area (Å²) in [4.78, 5) is 6.89. The maximum absolute atomic E-state index is 9.04. The van der Waals surface area contributed by atoms with Gasteiger partial charge >= 0.3 is 0 Å². The molecular weight excluding hydrogens is 330 g/mol. The molecule has 1 atom stereocenters. The maximum atomic E-state index is 9.04. The van der Waals surface area contributed by atoms with Gasteiger partial charge in [-0.3, -0.25) is 9.58 Å². The normalized spacial score (nSPS) is 18.3. The number of hydrogen-bond acceptors (Lipinski definition) is 6. The molecule has 1 fully saturated rings. The summed E-state index contributed by atoms with van der Waals surface area (Å²) in [5.74, 6) is 1.69. The Labute approximate surface area is 152 Å². The molecule has 0 saturated carbocycles. The van der Waals surface area contributed by atoms with Gasteiger partial charge in [-0.15, -0.1) is 0 Å². The van der Waals surface area contributed by atoms with Crippen molar-refractivity contribution in [2.24, 2.45) is 0 Å². The van der Waals surface area contributed by atoms with Crippen LogP contribution in [0.15, 0.2) is 47.1 Å². The highest BCUT2D eigenvalue weighted by atomic mass is 16.5. The zero-order valence-electron chi connectivity index (χ0n) is 14.7. The minimum atomic E-state index is 0.111. The fourth-order valence-corrected chi connectivity index (χ4v) is 3.48. The first-order valence-corrected chi connectivity index (χ1v) is 9.06. The van der Waals surface area contributed by atoms with Crippen molar-refractivity contribution in [1.29, 1.82) is 0 Å². The summed E-state index contributed by atoms with van der Waals surface area (Å²) in [5.41, 5.74) is 2.04. The molecule has 7 heteroatoms. The molecule has 3 heterocycles. The first-order chi connectivity index (χ1) is 12.8. The number of piperidine rings is 1. The van der Waals surface area contributed by atoms with E-state index in [1.165, 1.54) is 0 Å². The second-order valence-electron chi connectivity index (χ2n) is 6.68. The van der Waals surface area contributed by atoms with E-state index in [1.54, 1.807) is 4.68 Å². The third-order valence-electron chi connectivity index (χ3n) is 4.77. The molecule has 1 aromatic carbocycles. The van der Waals surface area contributed by atoms with Gasteiger partial charge in [0.2, 0.25) is 0 Å². The Hall–Kier alpha value is -2.51. The van der Waals surface area contributed by atoms with E-state index in [2.05, 4.69) is 26.2 Å². The van der Waals surface area contributed by atoms with Crippen LogP contribution in [0, 0.1) is 0 Å². The molecule has 26 heavy (non-hydrogen) atoms. The molecule has 4 rings (SSSR count). The van der Waals surface area contributed by atoms with E-state index in [0.717, 1.165) is 43.0 Å². The number of benzene rings is 1. The molecule has 136 valence electrons. The van der Waals surface area contributed by atoms with E-state index in [9.17, 15) is 0 Å². The molecule has 3 aromatic rings. The molecular formula is C19H23N5O2. The lowest BCUT2D eigenvalue weighted by molar-refractivity contribution is 0.191. The molecule has 0 radical (unpaired) electrons. The molecule has 7 nitrogen and oxygen atoms in total. The summed E-state index contributed by atoms with van der Waals surface area (Å²) in [6, 6.07) is 11.9. The van der Waals surface area contributed by atoms with Crippen LogP contribution in [0.3, 0.4) is 0 Å². The van der Waals surface area contributed by atoms with E-state index < -0.39 is 0 Å². The standard InChI is InChI=1S/C19H23N5O2/c25-12-11-24-10-8-17(21-24)16-7-4-9-23(13-16)14-18-20-19(26-22-18)15-5-2-1-3-6-15/h1-3,5-6,8,10,16,25H,4,7,9,11-14H2. The molecule has 0 bridgehead atoms. The zero-order chi connectivity index (χ0) is 17.8. The Morgan fingerprint density at radius 3 is 2.92 bits per heavy atom. The van der Waals surface area contributed by atoms with E-state index in [-0.39, 0.29) is 6.61 Å². The average molecular weight is 353 g/mol. The first kappa shape index (κ1) is 16.9. The number of rotatable bonds is 6. The van der Waals surface area contributed by atoms with Crippen LogP contribution >= 0.6 is 0 Å². The molecule has 1 aliphatic heterocycles. The monoisotopic (exact) mass is 353 g/mol. The van der Waals surface area contributed by atoms with Gasteiger partial charge in [-0.2, -0.15) is 10.1 Å². The topological polar surface area (TPSA) is 80.2 Å². The molecule has 0 amide bonds. The van der Waals surface area contributed by atoms with Crippen molar-refractivity contribution < 1.29 is 9.63 Å². The number of aliphatic hydroxyl groups is 1. The molecule has 2 aromatic heterocycles. The quantitative estimate of drug-likeness (QED) is 0.732. The smallest absolute Gasteiger partial charge is 0.257 e. The van der Waals surface area contributed by atoms with Gasteiger partial charge in [-0.1, -0.05) is 23.4 Å². The van der Waals surface area contributed by atoms with Crippen LogP contribution in [0.5, 0.6) is 0 Å². The summed E-state index contributed by atoms with van der Waals surface area (Å²) >= 11 is 0. The summed E-state index contributed by atoms with van der Waals surface area (Å²) in [5, 5.41) is 17.8. The molecule has 0 aliphatic carbocycles. The van der Waals surface area contributed by atoms with Gasteiger partial charge < -0.3 is 9.63 Å². The molecule has 1 saturated heterocycles. The van der Waals surface area contributed by atoms with Gasteiger partial charge in [0, 0.05) is 24.2 Å². The van der Waals surface area contributed by atoms with Gasteiger partial charge in [0.1, 0.15) is 0 Å². The van der Waals surface area contributed by atoms with Crippen molar-refractivity contribution >= 4 is 0 Å². The van der Waals surface area contributed by atoms with Crippen molar-refractivity contribution in [2.75, 3.05) is 19.7 Å². The maximum Gasteiger partial charge on any atom is 0.257 e. The number of aliphatic hydroxyl groups excluding tert-OH is 1. The third kappa shape index (κ3) is 3.84. The number of hydrogen-bond donors (Lipinski definition) is 1. The van der Waals surface area contributed by atoms with Gasteiger partial charge in [0.25, 0.3) is 5.89 Å². The largest absolute Gasteiger partial charge is 0.394 e. The Balaban J connectivity index is 1.40. The van der Waals surface area contributed by atoms with Gasteiger partial charge in [0.05, 0.1) is 25.4 Å². The number of aromatic nitrogens is 4. The molecule has 0 spiro atoms. The Morgan fingerprint density at radius 1 is 1.19 bits per heavy atom. The van der Waals surface area contributed by atoms with E-state index in [4.69, 9.17) is 9.63 Å². The minimum absolute atomic E-state index is 0.111. The number of likely N-dealkylation sites (tertiary alicyclic amines) is 1. The Kier molecular flexibility index (Phi) is 5.08. The fraction of sp³-hybridized carbons (Fsp3) is 0.421. The Morgan fingerprint density at radius 2 is 2.08 bits per heavy atom. The SMILES string of the molecule is OCCn1ccc(C2CCCN(Cc3noc(-c4ccccc4)n3)C2)n1. The predicted octanol–water partition coefficient (Wildman–Crippen LogP) is 2.31. The predicted molar refractivity (Wildman–Crippen MR) is 96.3 cm³/mol. The van der Waals surface area contributed by atoms with Crippen LogP contribution in [-0.4, -0.2) is 49.6 Å². The minimum Gasteiger partial charge on any atom is -0.394 e. The van der Waals surface area contributed by atoms with Crippen molar-refractivity contribution in [3.63, 3.8) is 0 Å². The van der Waals surface area contributed by atoms with E-state index in [0.29, 0.717) is 24.9 Å². The van der Waals surface area contributed by atoms with Gasteiger partial charge in [-0.25, -0.2) is 0 Å². The van der Waals surface area contributed by atoms with Crippen molar-refractivity contribution in [1.82, 2.24) is 24.8 Å². The van der Waals surface area contributed by atoms with E-state index >= 15 is 0 Å². The van der Waals surface area contributed by atoms with Crippen LogP contribution in [0.25, 0.3) is 11.5 Å². The third-order valence-corrected chi connectivity index (χ3v) is 4.77. The summed E-state index contributed by atoms with van der Waals surface area (Å²) in [6.07, 6.45) is 4.20. The van der Waals surface area contributed by atoms with Crippen LogP contribution in [0.4, 0.5) is 0 Å².